The molecule has 1 aliphatic heterocycles. The van der Waals surface area contributed by atoms with Crippen molar-refractivity contribution in [1.82, 2.24) is 10.2 Å². The molecule has 1 unspecified atom stereocenters. The van der Waals surface area contributed by atoms with Crippen molar-refractivity contribution < 1.29 is 9.53 Å². The number of hydrogen-bond acceptors (Lipinski definition) is 4. The molecule has 1 atom stereocenters. The fraction of sp³-hybridized carbons (Fsp3) is 0.312. The second kappa shape index (κ2) is 8.02. The van der Waals surface area contributed by atoms with E-state index in [4.69, 9.17) is 16.3 Å². The van der Waals surface area contributed by atoms with E-state index in [0.717, 1.165) is 17.9 Å². The second-order valence-electron chi connectivity index (χ2n) is 5.09. The molecule has 0 radical (unpaired) electrons. The van der Waals surface area contributed by atoms with Crippen molar-refractivity contribution in [3.8, 4) is 5.75 Å². The molecule has 1 aromatic heterocycles. The molecule has 3 rings (SSSR count). The smallest absolute Gasteiger partial charge is 0.264 e. The number of nitrogens with zero attached hydrogens (tertiary/aromatic N) is 1. The van der Waals surface area contributed by atoms with E-state index < -0.39 is 0 Å². The average Bonchev–Trinajstić information content (AvgIpc) is 3.04. The van der Waals surface area contributed by atoms with Gasteiger partial charge in [-0.1, -0.05) is 29.8 Å². The Bertz CT molecular complexity index is 678. The minimum Gasteiger partial charge on any atom is -0.496 e. The van der Waals surface area contributed by atoms with Gasteiger partial charge in [-0.2, -0.15) is 0 Å². The van der Waals surface area contributed by atoms with Crippen LogP contribution in [0.15, 0.2) is 35.7 Å². The van der Waals surface area contributed by atoms with Gasteiger partial charge in [-0.05, 0) is 11.6 Å². The fourth-order valence-electron chi connectivity index (χ4n) is 2.65. The van der Waals surface area contributed by atoms with E-state index in [-0.39, 0.29) is 24.4 Å². The summed E-state index contributed by atoms with van der Waals surface area (Å²) < 4.78 is 5.17. The summed E-state index contributed by atoms with van der Waals surface area (Å²) >= 11 is 7.72. The Labute approximate surface area is 150 Å². The SMILES string of the molecule is COc1csc(C(=O)N2CCNCC2c2ccccc2Cl)c1.Cl. The minimum atomic E-state index is -0.0527. The van der Waals surface area contributed by atoms with E-state index in [1.807, 2.05) is 34.5 Å². The second-order valence-corrected chi connectivity index (χ2v) is 6.41. The van der Waals surface area contributed by atoms with Crippen molar-refractivity contribution in [2.75, 3.05) is 26.7 Å². The minimum absolute atomic E-state index is 0. The van der Waals surface area contributed by atoms with Gasteiger partial charge >= 0.3 is 0 Å². The molecule has 4 nitrogen and oxygen atoms in total. The summed E-state index contributed by atoms with van der Waals surface area (Å²) in [5.74, 6) is 0.748. The van der Waals surface area contributed by atoms with Crippen LogP contribution in [0.25, 0.3) is 0 Å². The molecule has 1 aromatic carbocycles. The average molecular weight is 373 g/mol. The van der Waals surface area contributed by atoms with E-state index in [9.17, 15) is 4.79 Å². The maximum atomic E-state index is 12.8. The number of halogens is 2. The Hall–Kier alpha value is -1.27. The third-order valence-corrected chi connectivity index (χ3v) is 5.03. The fourth-order valence-corrected chi connectivity index (χ4v) is 3.72. The van der Waals surface area contributed by atoms with Crippen molar-refractivity contribution in [2.45, 2.75) is 6.04 Å². The first-order valence-corrected chi connectivity index (χ1v) is 8.35. The van der Waals surface area contributed by atoms with Crippen molar-refractivity contribution in [3.63, 3.8) is 0 Å². The van der Waals surface area contributed by atoms with Gasteiger partial charge in [0, 0.05) is 36.1 Å². The molecule has 1 saturated heterocycles. The highest BCUT2D eigenvalue weighted by atomic mass is 35.5. The van der Waals surface area contributed by atoms with Gasteiger partial charge in [0.1, 0.15) is 5.75 Å². The van der Waals surface area contributed by atoms with Crippen LogP contribution in [-0.2, 0) is 0 Å². The maximum Gasteiger partial charge on any atom is 0.264 e. The van der Waals surface area contributed by atoms with Crippen LogP contribution in [0.5, 0.6) is 5.75 Å². The summed E-state index contributed by atoms with van der Waals surface area (Å²) in [4.78, 5) is 15.4. The lowest BCUT2D eigenvalue weighted by atomic mass is 10.0. The third-order valence-electron chi connectivity index (χ3n) is 3.79. The van der Waals surface area contributed by atoms with Crippen molar-refractivity contribution in [2.24, 2.45) is 0 Å². The van der Waals surface area contributed by atoms with E-state index in [1.165, 1.54) is 11.3 Å². The maximum absolute atomic E-state index is 12.8. The highest BCUT2D eigenvalue weighted by Gasteiger charge is 2.30. The van der Waals surface area contributed by atoms with Gasteiger partial charge in [-0.3, -0.25) is 4.79 Å². The molecule has 2 aromatic rings. The number of piperazine rings is 1. The summed E-state index contributed by atoms with van der Waals surface area (Å²) in [5.41, 5.74) is 0.980. The molecule has 1 aliphatic rings. The van der Waals surface area contributed by atoms with Crippen molar-refractivity contribution in [1.29, 1.82) is 0 Å². The molecule has 0 bridgehead atoms. The van der Waals surface area contributed by atoms with Crippen LogP contribution in [0.2, 0.25) is 5.02 Å². The largest absolute Gasteiger partial charge is 0.496 e. The molecule has 2 heterocycles. The zero-order valence-corrected chi connectivity index (χ0v) is 15.0. The number of nitrogens with one attached hydrogen (secondary N) is 1. The van der Waals surface area contributed by atoms with Crippen molar-refractivity contribution >= 4 is 41.3 Å². The van der Waals surface area contributed by atoms with Crippen LogP contribution in [0, 0.1) is 0 Å². The van der Waals surface area contributed by atoms with Crippen LogP contribution in [0.1, 0.15) is 21.3 Å². The first kappa shape index (κ1) is 18.1. The predicted octanol–water partition coefficient (Wildman–Crippen LogP) is 3.62. The van der Waals surface area contributed by atoms with Crippen LogP contribution in [0.4, 0.5) is 0 Å². The topological polar surface area (TPSA) is 41.6 Å². The number of thiophene rings is 1. The molecular weight excluding hydrogens is 355 g/mol. The molecule has 1 amide bonds. The zero-order chi connectivity index (χ0) is 15.5. The molecule has 1 N–H and O–H groups in total. The first-order chi connectivity index (χ1) is 10.7. The van der Waals surface area contributed by atoms with Gasteiger partial charge < -0.3 is 15.0 Å². The van der Waals surface area contributed by atoms with Crippen LogP contribution in [0.3, 0.4) is 0 Å². The number of carbonyl (C=O) groups excluding carboxylic acids is 1. The molecule has 7 heteroatoms. The predicted molar refractivity (Wildman–Crippen MR) is 96.2 cm³/mol. The lowest BCUT2D eigenvalue weighted by molar-refractivity contribution is 0.0639. The van der Waals surface area contributed by atoms with Crippen LogP contribution in [-0.4, -0.2) is 37.6 Å². The lowest BCUT2D eigenvalue weighted by Crippen LogP contribution is -2.48. The molecule has 0 spiro atoms. The molecule has 0 aliphatic carbocycles. The summed E-state index contributed by atoms with van der Waals surface area (Å²) in [6.07, 6.45) is 0. The van der Waals surface area contributed by atoms with Crippen molar-refractivity contribution in [3.05, 3.63) is 51.2 Å². The number of hydrogen-bond donors (Lipinski definition) is 1. The Morgan fingerprint density at radius 3 is 2.91 bits per heavy atom. The van der Waals surface area contributed by atoms with Gasteiger partial charge in [-0.15, -0.1) is 23.7 Å². The van der Waals surface area contributed by atoms with Gasteiger partial charge in [0.05, 0.1) is 18.0 Å². The number of methoxy groups -OCH3 is 1. The van der Waals surface area contributed by atoms with E-state index >= 15 is 0 Å². The monoisotopic (exact) mass is 372 g/mol. The molecular formula is C16H18Cl2N2O2S. The summed E-state index contributed by atoms with van der Waals surface area (Å²) in [5, 5.41) is 5.88. The van der Waals surface area contributed by atoms with Gasteiger partial charge in [0.25, 0.3) is 5.91 Å². The first-order valence-electron chi connectivity index (χ1n) is 7.09. The third kappa shape index (κ3) is 3.80. The normalized spacial score (nSPS) is 17.5. The number of rotatable bonds is 3. The summed E-state index contributed by atoms with van der Waals surface area (Å²) in [7, 11) is 1.60. The van der Waals surface area contributed by atoms with Crippen LogP contribution >= 0.6 is 35.3 Å². The Morgan fingerprint density at radius 2 is 2.22 bits per heavy atom. The van der Waals surface area contributed by atoms with E-state index in [0.29, 0.717) is 23.0 Å². The summed E-state index contributed by atoms with van der Waals surface area (Å²) in [6.45, 7) is 2.15. The number of benzene rings is 1. The van der Waals surface area contributed by atoms with Gasteiger partial charge in [-0.25, -0.2) is 0 Å². The lowest BCUT2D eigenvalue weighted by Gasteiger charge is -2.36. The van der Waals surface area contributed by atoms with Crippen LogP contribution < -0.4 is 10.1 Å². The molecule has 23 heavy (non-hydrogen) atoms. The quantitative estimate of drug-likeness (QED) is 0.894. The standard InChI is InChI=1S/C16H17ClN2O2S.ClH/c1-21-11-8-15(22-10-11)16(20)19-7-6-18-9-14(19)12-4-2-3-5-13(12)17;/h2-5,8,10,14,18H,6-7,9H2,1H3;1H. The Kier molecular flexibility index (Phi) is 6.30. The number of carbonyl (C=O) groups is 1. The highest BCUT2D eigenvalue weighted by molar-refractivity contribution is 7.12. The van der Waals surface area contributed by atoms with Gasteiger partial charge in [0.2, 0.25) is 0 Å². The molecule has 1 fully saturated rings. The summed E-state index contributed by atoms with van der Waals surface area (Å²) in [6, 6.07) is 9.43. The van der Waals surface area contributed by atoms with E-state index in [1.54, 1.807) is 13.2 Å². The van der Waals surface area contributed by atoms with E-state index in [2.05, 4.69) is 5.32 Å². The molecule has 0 saturated carbocycles. The zero-order valence-electron chi connectivity index (χ0n) is 12.6. The van der Waals surface area contributed by atoms with Gasteiger partial charge in [0.15, 0.2) is 0 Å². The number of amides is 1. The molecule has 124 valence electrons. The number of ether oxygens (including phenoxy) is 1. The highest BCUT2D eigenvalue weighted by Crippen LogP contribution is 2.31. The Morgan fingerprint density at radius 1 is 1.43 bits per heavy atom. The Balaban J connectivity index is 0.00000192.